The summed E-state index contributed by atoms with van der Waals surface area (Å²) in [4.78, 5) is 24.1. The predicted molar refractivity (Wildman–Crippen MR) is 111 cm³/mol. The van der Waals surface area contributed by atoms with E-state index < -0.39 is 16.7 Å². The van der Waals surface area contributed by atoms with Gasteiger partial charge in [0.15, 0.2) is 0 Å². The average Bonchev–Trinajstić information content (AvgIpc) is 2.72. The molecule has 154 valence electrons. The van der Waals surface area contributed by atoms with Crippen LogP contribution in [0.2, 0.25) is 0 Å². The monoisotopic (exact) mass is 416 g/mol. The molecule has 0 spiro atoms. The molecule has 7 nitrogen and oxygen atoms in total. The summed E-state index contributed by atoms with van der Waals surface area (Å²) in [7, 11) is -0.0445. The van der Waals surface area contributed by atoms with E-state index in [1.165, 1.54) is 5.56 Å². The van der Waals surface area contributed by atoms with E-state index in [2.05, 4.69) is 16.7 Å². The van der Waals surface area contributed by atoms with E-state index in [9.17, 15) is 13.8 Å². The first-order valence-electron chi connectivity index (χ1n) is 9.30. The Morgan fingerprint density at radius 1 is 1.10 bits per heavy atom. The average molecular weight is 416 g/mol. The zero-order valence-electron chi connectivity index (χ0n) is 16.2. The summed E-state index contributed by atoms with van der Waals surface area (Å²) in [6.45, 7) is 0.917. The Bertz CT molecular complexity index is 885. The second-order valence-corrected chi connectivity index (χ2v) is 8.07. The number of carbonyl (C=O) groups excluding carboxylic acids is 2. The normalized spacial score (nSPS) is 16.4. The quantitative estimate of drug-likeness (QED) is 0.685. The molecule has 2 aromatic carbocycles. The molecule has 1 aliphatic heterocycles. The number of methoxy groups -OCH3 is 1. The standard InChI is InChI=1S/C21H24N2O5S/c1-27-17-8-6-16(7-9-17)23-21(25)14-29(26)13-20(24)22-12-19-18-5-3-2-4-15(18)10-11-28-19/h2-9,19H,10-14H2,1H3,(H,22,24)(H,23,25)/t19-,29+/m1/s1. The molecule has 8 heteroatoms. The third-order valence-electron chi connectivity index (χ3n) is 4.53. The molecule has 0 radical (unpaired) electrons. The van der Waals surface area contributed by atoms with Gasteiger partial charge in [0.05, 0.1) is 13.7 Å². The predicted octanol–water partition coefficient (Wildman–Crippen LogP) is 1.81. The van der Waals surface area contributed by atoms with Crippen LogP contribution in [-0.4, -0.2) is 47.8 Å². The number of anilines is 1. The summed E-state index contributed by atoms with van der Waals surface area (Å²) in [5.74, 6) is -0.585. The van der Waals surface area contributed by atoms with Gasteiger partial charge in [0, 0.05) is 23.0 Å². The van der Waals surface area contributed by atoms with Crippen molar-refractivity contribution >= 4 is 28.3 Å². The van der Waals surface area contributed by atoms with Crippen LogP contribution < -0.4 is 15.4 Å². The van der Waals surface area contributed by atoms with Crippen molar-refractivity contribution in [3.8, 4) is 5.75 Å². The maximum atomic E-state index is 12.1. The number of nitrogens with one attached hydrogen (secondary N) is 2. The molecule has 1 aliphatic rings. The number of amides is 2. The van der Waals surface area contributed by atoms with Crippen molar-refractivity contribution in [3.05, 3.63) is 59.7 Å². The first-order chi connectivity index (χ1) is 14.0. The van der Waals surface area contributed by atoms with Crippen LogP contribution in [-0.2, 0) is 31.5 Å². The van der Waals surface area contributed by atoms with E-state index in [1.807, 2.05) is 18.2 Å². The lowest BCUT2D eigenvalue weighted by atomic mass is 9.97. The molecule has 0 aromatic heterocycles. The SMILES string of the molecule is COc1ccc(NC(=O)C[S@@](=O)CC(=O)NC[C@H]2OCCc3ccccc32)cc1. The lowest BCUT2D eigenvalue weighted by molar-refractivity contribution is -0.119. The van der Waals surface area contributed by atoms with Gasteiger partial charge in [-0.3, -0.25) is 13.8 Å². The zero-order valence-corrected chi connectivity index (χ0v) is 17.0. The molecule has 0 saturated heterocycles. The number of fused-ring (bicyclic) bond motifs is 1. The minimum atomic E-state index is -1.60. The summed E-state index contributed by atoms with van der Waals surface area (Å²) >= 11 is 0. The molecule has 0 fully saturated rings. The van der Waals surface area contributed by atoms with Gasteiger partial charge in [0.1, 0.15) is 23.4 Å². The molecule has 1 heterocycles. The van der Waals surface area contributed by atoms with Crippen molar-refractivity contribution in [3.63, 3.8) is 0 Å². The van der Waals surface area contributed by atoms with Crippen molar-refractivity contribution in [1.29, 1.82) is 0 Å². The molecular formula is C21H24N2O5S. The van der Waals surface area contributed by atoms with E-state index >= 15 is 0 Å². The fraction of sp³-hybridized carbons (Fsp3) is 0.333. The third kappa shape index (κ3) is 6.13. The van der Waals surface area contributed by atoms with Gasteiger partial charge in [-0.1, -0.05) is 24.3 Å². The summed E-state index contributed by atoms with van der Waals surface area (Å²) < 4.78 is 22.9. The first-order valence-corrected chi connectivity index (χ1v) is 10.8. The van der Waals surface area contributed by atoms with Crippen LogP contribution in [0.3, 0.4) is 0 Å². The van der Waals surface area contributed by atoms with Gasteiger partial charge in [-0.05, 0) is 41.8 Å². The Labute approximate surface area is 172 Å². The fourth-order valence-corrected chi connectivity index (χ4v) is 3.98. The summed E-state index contributed by atoms with van der Waals surface area (Å²) in [5, 5.41) is 5.41. The smallest absolute Gasteiger partial charge is 0.237 e. The van der Waals surface area contributed by atoms with Crippen LogP contribution in [0.5, 0.6) is 5.75 Å². The van der Waals surface area contributed by atoms with Gasteiger partial charge < -0.3 is 20.1 Å². The van der Waals surface area contributed by atoms with E-state index in [1.54, 1.807) is 31.4 Å². The van der Waals surface area contributed by atoms with Crippen LogP contribution >= 0.6 is 0 Å². The molecule has 0 aliphatic carbocycles. The Hall–Kier alpha value is -2.71. The number of hydrogen-bond acceptors (Lipinski definition) is 5. The highest BCUT2D eigenvalue weighted by Gasteiger charge is 2.21. The van der Waals surface area contributed by atoms with Crippen molar-refractivity contribution in [2.24, 2.45) is 0 Å². The Kier molecular flexibility index (Phi) is 7.37. The van der Waals surface area contributed by atoms with Crippen molar-refractivity contribution in [2.45, 2.75) is 12.5 Å². The third-order valence-corrected chi connectivity index (χ3v) is 5.70. The minimum absolute atomic E-state index is 0.212. The highest BCUT2D eigenvalue weighted by Crippen LogP contribution is 2.26. The van der Waals surface area contributed by atoms with Crippen LogP contribution in [0.4, 0.5) is 5.69 Å². The molecule has 2 aromatic rings. The zero-order chi connectivity index (χ0) is 20.6. The van der Waals surface area contributed by atoms with Gasteiger partial charge in [0.25, 0.3) is 0 Å². The van der Waals surface area contributed by atoms with Crippen molar-refractivity contribution in [2.75, 3.05) is 37.1 Å². The highest BCUT2D eigenvalue weighted by atomic mass is 32.2. The van der Waals surface area contributed by atoms with E-state index in [-0.39, 0.29) is 23.5 Å². The fourth-order valence-electron chi connectivity index (χ4n) is 3.12. The second kappa shape index (κ2) is 10.2. The van der Waals surface area contributed by atoms with Gasteiger partial charge in [-0.25, -0.2) is 0 Å². The number of hydrogen-bond donors (Lipinski definition) is 2. The van der Waals surface area contributed by atoms with Crippen LogP contribution in [0.25, 0.3) is 0 Å². The Morgan fingerprint density at radius 2 is 1.83 bits per heavy atom. The lowest BCUT2D eigenvalue weighted by Crippen LogP contribution is -2.35. The summed E-state index contributed by atoms with van der Waals surface area (Å²) in [6, 6.07) is 14.8. The minimum Gasteiger partial charge on any atom is -0.497 e. The number of benzene rings is 2. The Balaban J connectivity index is 1.42. The van der Waals surface area contributed by atoms with Crippen molar-refractivity contribution < 1.29 is 23.3 Å². The van der Waals surface area contributed by atoms with Crippen molar-refractivity contribution in [1.82, 2.24) is 5.32 Å². The topological polar surface area (TPSA) is 93.7 Å². The van der Waals surface area contributed by atoms with Crippen LogP contribution in [0.1, 0.15) is 17.2 Å². The van der Waals surface area contributed by atoms with Gasteiger partial charge >= 0.3 is 0 Å². The number of rotatable bonds is 8. The molecule has 0 saturated carbocycles. The van der Waals surface area contributed by atoms with E-state index in [0.717, 1.165) is 12.0 Å². The molecule has 2 atom stereocenters. The second-order valence-electron chi connectivity index (χ2n) is 6.62. The Morgan fingerprint density at radius 3 is 2.59 bits per heavy atom. The van der Waals surface area contributed by atoms with E-state index in [0.29, 0.717) is 24.6 Å². The van der Waals surface area contributed by atoms with Gasteiger partial charge in [0.2, 0.25) is 11.8 Å². The number of ether oxygens (including phenoxy) is 2. The molecule has 29 heavy (non-hydrogen) atoms. The van der Waals surface area contributed by atoms with Crippen LogP contribution in [0, 0.1) is 0 Å². The maximum absolute atomic E-state index is 12.1. The summed E-state index contributed by atoms with van der Waals surface area (Å²) in [5.41, 5.74) is 2.86. The molecule has 2 amide bonds. The molecule has 0 unspecified atom stereocenters. The lowest BCUT2D eigenvalue weighted by Gasteiger charge is -2.26. The highest BCUT2D eigenvalue weighted by molar-refractivity contribution is 7.86. The molecular weight excluding hydrogens is 392 g/mol. The number of carbonyl (C=O) groups is 2. The molecule has 0 bridgehead atoms. The molecule has 2 N–H and O–H groups in total. The molecule has 3 rings (SSSR count). The van der Waals surface area contributed by atoms with E-state index in [4.69, 9.17) is 9.47 Å². The first kappa shape index (κ1) is 21.0. The van der Waals surface area contributed by atoms with Gasteiger partial charge in [-0.2, -0.15) is 0 Å². The largest absolute Gasteiger partial charge is 0.497 e. The van der Waals surface area contributed by atoms with Crippen LogP contribution in [0.15, 0.2) is 48.5 Å². The maximum Gasteiger partial charge on any atom is 0.237 e. The summed E-state index contributed by atoms with van der Waals surface area (Å²) in [6.07, 6.45) is 0.643. The van der Waals surface area contributed by atoms with Gasteiger partial charge in [-0.15, -0.1) is 0 Å².